The van der Waals surface area contributed by atoms with Gasteiger partial charge in [0.25, 0.3) is 0 Å². The van der Waals surface area contributed by atoms with Crippen LogP contribution < -0.4 is 0 Å². The molecule has 0 N–H and O–H groups in total. The van der Waals surface area contributed by atoms with Gasteiger partial charge in [-0.1, -0.05) is 0 Å². The van der Waals surface area contributed by atoms with Crippen molar-refractivity contribution in [1.29, 1.82) is 0 Å². The summed E-state index contributed by atoms with van der Waals surface area (Å²) >= 11 is 5.84. The van der Waals surface area contributed by atoms with E-state index in [-0.39, 0.29) is 11.6 Å². The second kappa shape index (κ2) is 5.78. The topological polar surface area (TPSA) is 3.24 Å². The van der Waals surface area contributed by atoms with Crippen LogP contribution in [0.4, 0.5) is 8.78 Å². The maximum absolute atomic E-state index is 13.5. The highest BCUT2D eigenvalue weighted by atomic mass is 35.5. The summed E-state index contributed by atoms with van der Waals surface area (Å²) < 4.78 is 26.5. The highest BCUT2D eigenvalue weighted by molar-refractivity contribution is 6.18. The van der Waals surface area contributed by atoms with Crippen molar-refractivity contribution in [1.82, 2.24) is 4.90 Å². The molecule has 17 heavy (non-hydrogen) atoms. The number of nitrogens with zero attached hydrogens (tertiary/aromatic N) is 1. The van der Waals surface area contributed by atoms with E-state index in [1.54, 1.807) is 0 Å². The zero-order valence-corrected chi connectivity index (χ0v) is 10.4. The first-order valence-electron chi connectivity index (χ1n) is 5.91. The molecule has 0 spiro atoms. The lowest BCUT2D eigenvalue weighted by Crippen LogP contribution is -2.35. The summed E-state index contributed by atoms with van der Waals surface area (Å²) in [5.74, 6) is 0.399. The Hall–Kier alpha value is -0.670. The summed E-state index contributed by atoms with van der Waals surface area (Å²) in [6.45, 7) is 2.28. The van der Waals surface area contributed by atoms with Gasteiger partial charge in [0, 0.05) is 24.5 Å². The van der Waals surface area contributed by atoms with Crippen LogP contribution in [0.3, 0.4) is 0 Å². The molecule has 1 aliphatic heterocycles. The van der Waals surface area contributed by atoms with Crippen LogP contribution in [0.15, 0.2) is 18.2 Å². The lowest BCUT2D eigenvalue weighted by atomic mass is 9.99. The smallest absolute Gasteiger partial charge is 0.127 e. The van der Waals surface area contributed by atoms with E-state index < -0.39 is 0 Å². The number of rotatable bonds is 3. The minimum Gasteiger partial charge on any atom is -0.299 e. The number of alkyl halides is 1. The van der Waals surface area contributed by atoms with E-state index in [1.807, 2.05) is 0 Å². The lowest BCUT2D eigenvalue weighted by molar-refractivity contribution is 0.176. The quantitative estimate of drug-likeness (QED) is 0.752. The fourth-order valence-corrected chi connectivity index (χ4v) is 2.58. The van der Waals surface area contributed by atoms with Gasteiger partial charge in [-0.15, -0.1) is 11.6 Å². The van der Waals surface area contributed by atoms with Gasteiger partial charge in [0.15, 0.2) is 0 Å². The Morgan fingerprint density at radius 3 is 2.94 bits per heavy atom. The van der Waals surface area contributed by atoms with Gasteiger partial charge in [0.1, 0.15) is 11.6 Å². The summed E-state index contributed by atoms with van der Waals surface area (Å²) in [5.41, 5.74) is 0.431. The van der Waals surface area contributed by atoms with Gasteiger partial charge < -0.3 is 0 Å². The van der Waals surface area contributed by atoms with Crippen LogP contribution in [0, 0.1) is 17.6 Å². The van der Waals surface area contributed by atoms with Crippen LogP contribution in [0.1, 0.15) is 18.4 Å². The number of likely N-dealkylation sites (tertiary alicyclic amines) is 1. The molecule has 1 unspecified atom stereocenters. The van der Waals surface area contributed by atoms with E-state index in [2.05, 4.69) is 4.90 Å². The zero-order chi connectivity index (χ0) is 12.3. The van der Waals surface area contributed by atoms with Gasteiger partial charge in [0.2, 0.25) is 0 Å². The van der Waals surface area contributed by atoms with E-state index >= 15 is 0 Å². The molecule has 0 radical (unpaired) electrons. The molecule has 1 aromatic rings. The van der Waals surface area contributed by atoms with Crippen LogP contribution in [-0.4, -0.2) is 23.9 Å². The Balaban J connectivity index is 2.02. The van der Waals surface area contributed by atoms with Gasteiger partial charge in [-0.2, -0.15) is 0 Å². The number of halogens is 3. The van der Waals surface area contributed by atoms with Crippen molar-refractivity contribution in [3.8, 4) is 0 Å². The van der Waals surface area contributed by atoms with Crippen molar-refractivity contribution in [2.24, 2.45) is 5.92 Å². The maximum atomic E-state index is 13.5. The molecule has 0 bridgehead atoms. The molecule has 1 nitrogen and oxygen atoms in total. The van der Waals surface area contributed by atoms with Crippen molar-refractivity contribution in [2.45, 2.75) is 19.4 Å². The fourth-order valence-electron chi connectivity index (χ4n) is 2.33. The van der Waals surface area contributed by atoms with Crippen LogP contribution in [0.2, 0.25) is 0 Å². The van der Waals surface area contributed by atoms with Crippen molar-refractivity contribution < 1.29 is 8.78 Å². The minimum absolute atomic E-state index is 0.334. The largest absolute Gasteiger partial charge is 0.299 e. The summed E-state index contributed by atoms with van der Waals surface area (Å²) in [6.07, 6.45) is 2.21. The fraction of sp³-hybridized carbons (Fsp3) is 0.538. The van der Waals surface area contributed by atoms with E-state index in [0.29, 0.717) is 23.9 Å². The maximum Gasteiger partial charge on any atom is 0.127 e. The number of benzene rings is 1. The predicted octanol–water partition coefficient (Wildman–Crippen LogP) is 3.42. The molecule has 1 saturated heterocycles. The normalized spacial score (nSPS) is 21.7. The number of hydrogen-bond donors (Lipinski definition) is 0. The van der Waals surface area contributed by atoms with E-state index in [9.17, 15) is 8.78 Å². The Morgan fingerprint density at radius 1 is 1.35 bits per heavy atom. The first-order chi connectivity index (χ1) is 8.19. The molecular formula is C13H16ClF2N. The molecule has 0 amide bonds. The van der Waals surface area contributed by atoms with Crippen LogP contribution in [0.25, 0.3) is 0 Å². The molecule has 94 valence electrons. The lowest BCUT2D eigenvalue weighted by Gasteiger charge is -2.31. The molecule has 4 heteroatoms. The zero-order valence-electron chi connectivity index (χ0n) is 9.63. The van der Waals surface area contributed by atoms with Gasteiger partial charge in [-0.3, -0.25) is 4.90 Å². The first-order valence-corrected chi connectivity index (χ1v) is 6.44. The van der Waals surface area contributed by atoms with Crippen molar-refractivity contribution in [3.05, 3.63) is 35.4 Å². The molecule has 0 aliphatic carbocycles. The molecule has 1 heterocycles. The number of hydrogen-bond acceptors (Lipinski definition) is 1. The Morgan fingerprint density at radius 2 is 2.18 bits per heavy atom. The van der Waals surface area contributed by atoms with Crippen LogP contribution >= 0.6 is 11.6 Å². The standard InChI is InChI=1S/C13H16ClF2N/c14-7-10-2-1-5-17(8-10)9-11-6-12(15)3-4-13(11)16/h3-4,6,10H,1-2,5,7-9H2. The molecule has 1 aromatic carbocycles. The van der Waals surface area contributed by atoms with Crippen LogP contribution in [-0.2, 0) is 6.54 Å². The van der Waals surface area contributed by atoms with E-state index in [1.165, 1.54) is 12.1 Å². The molecule has 1 aliphatic rings. The monoisotopic (exact) mass is 259 g/mol. The second-order valence-corrected chi connectivity index (χ2v) is 4.94. The predicted molar refractivity (Wildman–Crippen MR) is 65.1 cm³/mol. The SMILES string of the molecule is Fc1ccc(F)c(CN2CCCC(CCl)C2)c1. The third-order valence-corrected chi connectivity index (χ3v) is 3.66. The summed E-state index contributed by atoms with van der Waals surface area (Å²) in [5, 5.41) is 0. The Labute approximate surface area is 105 Å². The molecule has 1 atom stereocenters. The van der Waals surface area contributed by atoms with Gasteiger partial charge in [0.05, 0.1) is 0 Å². The van der Waals surface area contributed by atoms with Gasteiger partial charge in [-0.05, 0) is 43.5 Å². The molecule has 0 aromatic heterocycles. The van der Waals surface area contributed by atoms with Crippen molar-refractivity contribution in [2.75, 3.05) is 19.0 Å². The highest BCUT2D eigenvalue weighted by Crippen LogP contribution is 2.20. The van der Waals surface area contributed by atoms with Gasteiger partial charge >= 0.3 is 0 Å². The van der Waals surface area contributed by atoms with Gasteiger partial charge in [-0.25, -0.2) is 8.78 Å². The third kappa shape index (κ3) is 3.39. The summed E-state index contributed by atoms with van der Waals surface area (Å²) in [4.78, 5) is 2.15. The average molecular weight is 260 g/mol. The second-order valence-electron chi connectivity index (χ2n) is 4.63. The Kier molecular flexibility index (Phi) is 4.35. The van der Waals surface area contributed by atoms with E-state index in [0.717, 1.165) is 32.0 Å². The van der Waals surface area contributed by atoms with E-state index in [4.69, 9.17) is 11.6 Å². The highest BCUT2D eigenvalue weighted by Gasteiger charge is 2.20. The number of piperidine rings is 1. The molecule has 1 fully saturated rings. The van der Waals surface area contributed by atoms with Crippen molar-refractivity contribution in [3.63, 3.8) is 0 Å². The summed E-state index contributed by atoms with van der Waals surface area (Å²) in [7, 11) is 0. The molecule has 0 saturated carbocycles. The molecule has 2 rings (SSSR count). The minimum atomic E-state index is -0.382. The van der Waals surface area contributed by atoms with Crippen molar-refractivity contribution >= 4 is 11.6 Å². The van der Waals surface area contributed by atoms with Crippen LogP contribution in [0.5, 0.6) is 0 Å². The Bertz CT molecular complexity index is 384. The average Bonchev–Trinajstić information content (AvgIpc) is 2.34. The third-order valence-electron chi connectivity index (χ3n) is 3.22. The first kappa shape index (κ1) is 12.8. The molecular weight excluding hydrogens is 244 g/mol. The summed E-state index contributed by atoms with van der Waals surface area (Å²) in [6, 6.07) is 3.61.